The average molecular weight is 661 g/mol. The fourth-order valence-corrected chi connectivity index (χ4v) is 6.56. The van der Waals surface area contributed by atoms with Crippen LogP contribution in [0.1, 0.15) is 61.3 Å². The van der Waals surface area contributed by atoms with Gasteiger partial charge in [-0.15, -0.1) is 0 Å². The van der Waals surface area contributed by atoms with Gasteiger partial charge in [0.2, 0.25) is 23.0 Å². The molecule has 0 radical (unpaired) electrons. The molecule has 5 rings (SSSR count). The summed E-state index contributed by atoms with van der Waals surface area (Å²) in [4.78, 5) is 56.5. The maximum absolute atomic E-state index is 14.0. The van der Waals surface area contributed by atoms with Crippen LogP contribution in [-0.4, -0.2) is 81.1 Å². The third-order valence-electron chi connectivity index (χ3n) is 9.32. The third-order valence-corrected chi connectivity index (χ3v) is 9.32. The Morgan fingerprint density at radius 3 is 2.29 bits per heavy atom. The first-order valence-corrected chi connectivity index (χ1v) is 16.3. The summed E-state index contributed by atoms with van der Waals surface area (Å²) >= 11 is 0. The van der Waals surface area contributed by atoms with Gasteiger partial charge in [-0.25, -0.2) is 0 Å². The Kier molecular flexibility index (Phi) is 10.6. The number of fused-ring (bicyclic) bond motifs is 3. The highest BCUT2D eigenvalue weighted by molar-refractivity contribution is 5.92. The minimum atomic E-state index is -0.686. The van der Waals surface area contributed by atoms with Gasteiger partial charge >= 0.3 is 0 Å². The summed E-state index contributed by atoms with van der Waals surface area (Å²) in [6.45, 7) is 6.90. The predicted molar refractivity (Wildman–Crippen MR) is 181 cm³/mol. The molecule has 256 valence electrons. The van der Waals surface area contributed by atoms with Gasteiger partial charge in [-0.1, -0.05) is 26.3 Å². The summed E-state index contributed by atoms with van der Waals surface area (Å²) in [5.41, 5.74) is 2.95. The van der Waals surface area contributed by atoms with E-state index in [2.05, 4.69) is 10.6 Å². The smallest absolute Gasteiger partial charge is 0.289 e. The molecule has 0 bridgehead atoms. The number of amides is 3. The highest BCUT2D eigenvalue weighted by Crippen LogP contribution is 2.50. The van der Waals surface area contributed by atoms with Crippen molar-refractivity contribution in [3.8, 4) is 28.4 Å². The summed E-state index contributed by atoms with van der Waals surface area (Å²) in [5.74, 6) is 0.999. The molecule has 3 atom stereocenters. The molecule has 1 aliphatic carbocycles. The Morgan fingerprint density at radius 1 is 0.979 bits per heavy atom. The number of hydrogen-bond acceptors (Lipinski definition) is 9. The van der Waals surface area contributed by atoms with Crippen LogP contribution in [0, 0.1) is 5.92 Å². The zero-order chi connectivity index (χ0) is 34.5. The standard InChI is InChI=1S/C36H44N4O8/c1-7-21(2)32(36(44)40-16-14-39(15-17-40)35(43)29-9-8-18-48-29)38-27-13-11-24-25(20-28(27)42)26(37-22(3)41)12-10-23-19-30(45-4)33(46-5)34(47-6)31(23)24/h8-9,11,13,18-21,26,32H,7,10,12,14-17H2,1-6H3,(H,37,41)(H,38,42)/t21-,26+,32+/m1/s1. The molecule has 48 heavy (non-hydrogen) atoms. The number of aryl methyl sites for hydroxylation is 1. The topological polar surface area (TPSA) is 140 Å². The Balaban J connectivity index is 1.51. The second-order valence-corrected chi connectivity index (χ2v) is 12.2. The van der Waals surface area contributed by atoms with Crippen LogP contribution in [0.15, 0.2) is 51.9 Å². The summed E-state index contributed by atoms with van der Waals surface area (Å²) in [6.07, 6.45) is 3.28. The molecule has 1 saturated heterocycles. The van der Waals surface area contributed by atoms with E-state index in [-0.39, 0.29) is 40.5 Å². The third kappa shape index (κ3) is 6.83. The van der Waals surface area contributed by atoms with Gasteiger partial charge in [-0.2, -0.15) is 0 Å². The number of ether oxygens (including phenoxy) is 3. The average Bonchev–Trinajstić information content (AvgIpc) is 3.54. The number of carbonyl (C=O) groups excluding carboxylic acids is 3. The number of methoxy groups -OCH3 is 3. The summed E-state index contributed by atoms with van der Waals surface area (Å²) < 4.78 is 22.5. The number of benzene rings is 1. The molecular weight excluding hydrogens is 616 g/mol. The number of nitrogens with zero attached hydrogens (tertiary/aromatic N) is 2. The normalized spacial score (nSPS) is 16.8. The summed E-state index contributed by atoms with van der Waals surface area (Å²) in [6, 6.07) is 9.14. The van der Waals surface area contributed by atoms with Crippen LogP contribution in [0.4, 0.5) is 5.69 Å². The molecule has 0 spiro atoms. The minimum absolute atomic E-state index is 0.104. The van der Waals surface area contributed by atoms with Crippen molar-refractivity contribution in [3.05, 3.63) is 69.8 Å². The number of furan rings is 1. The SMILES string of the molecule is CC[C@@H](C)[C@H](Nc1ccc2c(cc1=O)[C@@H](NC(C)=O)CCc1cc(OC)c(OC)c(OC)c1-2)C(=O)N1CCN(C(=O)c2ccco2)CC1. The zero-order valence-corrected chi connectivity index (χ0v) is 28.4. The van der Waals surface area contributed by atoms with E-state index in [4.69, 9.17) is 18.6 Å². The quantitative estimate of drug-likeness (QED) is 0.327. The first-order valence-electron chi connectivity index (χ1n) is 16.3. The van der Waals surface area contributed by atoms with Gasteiger partial charge in [-0.3, -0.25) is 19.2 Å². The fourth-order valence-electron chi connectivity index (χ4n) is 6.56. The summed E-state index contributed by atoms with van der Waals surface area (Å²) in [7, 11) is 4.65. The van der Waals surface area contributed by atoms with E-state index in [1.807, 2.05) is 26.0 Å². The lowest BCUT2D eigenvalue weighted by Crippen LogP contribution is -2.55. The molecule has 1 fully saturated rings. The van der Waals surface area contributed by atoms with E-state index >= 15 is 0 Å². The number of rotatable bonds is 10. The first-order chi connectivity index (χ1) is 23.1. The van der Waals surface area contributed by atoms with Crippen LogP contribution < -0.4 is 30.3 Å². The Bertz CT molecular complexity index is 1720. The molecule has 3 aromatic rings. The number of anilines is 1. The van der Waals surface area contributed by atoms with E-state index in [9.17, 15) is 19.2 Å². The van der Waals surface area contributed by atoms with Crippen molar-refractivity contribution >= 4 is 23.4 Å². The minimum Gasteiger partial charge on any atom is -0.493 e. The molecule has 2 heterocycles. The van der Waals surface area contributed by atoms with Crippen molar-refractivity contribution in [1.29, 1.82) is 0 Å². The van der Waals surface area contributed by atoms with E-state index in [1.165, 1.54) is 20.3 Å². The van der Waals surface area contributed by atoms with E-state index in [1.54, 1.807) is 48.3 Å². The van der Waals surface area contributed by atoms with Crippen molar-refractivity contribution in [1.82, 2.24) is 15.1 Å². The Morgan fingerprint density at radius 2 is 1.69 bits per heavy atom. The second kappa shape index (κ2) is 14.8. The van der Waals surface area contributed by atoms with Gasteiger partial charge in [0.15, 0.2) is 17.3 Å². The lowest BCUT2D eigenvalue weighted by molar-refractivity contribution is -0.134. The maximum atomic E-state index is 14.0. The van der Waals surface area contributed by atoms with Crippen molar-refractivity contribution in [3.63, 3.8) is 0 Å². The van der Waals surface area contributed by atoms with Crippen molar-refractivity contribution in [2.45, 2.75) is 52.1 Å². The molecular formula is C36H44N4O8. The monoisotopic (exact) mass is 660 g/mol. The number of nitrogens with one attached hydrogen (secondary N) is 2. The molecule has 2 aromatic carbocycles. The van der Waals surface area contributed by atoms with Gasteiger partial charge in [-0.05, 0) is 65.8 Å². The Labute approximate surface area is 280 Å². The number of piperazine rings is 1. The van der Waals surface area contributed by atoms with Crippen LogP contribution in [0.2, 0.25) is 0 Å². The molecule has 0 unspecified atom stereocenters. The van der Waals surface area contributed by atoms with Gasteiger partial charge in [0.1, 0.15) is 6.04 Å². The van der Waals surface area contributed by atoms with Crippen molar-refractivity contribution < 1.29 is 33.0 Å². The molecule has 0 saturated carbocycles. The van der Waals surface area contributed by atoms with E-state index in [0.29, 0.717) is 73.8 Å². The largest absolute Gasteiger partial charge is 0.493 e. The second-order valence-electron chi connectivity index (χ2n) is 12.2. The van der Waals surface area contributed by atoms with Crippen molar-refractivity contribution in [2.75, 3.05) is 52.8 Å². The first kappa shape index (κ1) is 34.3. The Hall–Kier alpha value is -5.00. The van der Waals surface area contributed by atoms with Gasteiger partial charge in [0.25, 0.3) is 5.91 Å². The molecule has 3 amide bonds. The highest BCUT2D eigenvalue weighted by Gasteiger charge is 2.34. The van der Waals surface area contributed by atoms with Crippen LogP contribution in [0.3, 0.4) is 0 Å². The van der Waals surface area contributed by atoms with Crippen LogP contribution in [-0.2, 0) is 16.0 Å². The predicted octanol–water partition coefficient (Wildman–Crippen LogP) is 4.27. The number of carbonyl (C=O) groups is 3. The lowest BCUT2D eigenvalue weighted by Gasteiger charge is -2.37. The molecule has 12 heteroatoms. The number of hydrogen-bond donors (Lipinski definition) is 2. The lowest BCUT2D eigenvalue weighted by atomic mass is 9.95. The van der Waals surface area contributed by atoms with E-state index in [0.717, 1.165) is 11.1 Å². The van der Waals surface area contributed by atoms with Crippen molar-refractivity contribution in [2.24, 2.45) is 5.92 Å². The molecule has 1 aromatic heterocycles. The van der Waals surface area contributed by atoms with Crippen LogP contribution >= 0.6 is 0 Å². The molecule has 12 nitrogen and oxygen atoms in total. The van der Waals surface area contributed by atoms with Crippen LogP contribution in [0.25, 0.3) is 11.1 Å². The van der Waals surface area contributed by atoms with E-state index < -0.39 is 12.1 Å². The fraction of sp³-hybridized carbons (Fsp3) is 0.444. The molecule has 2 aliphatic rings. The van der Waals surface area contributed by atoms with Gasteiger partial charge < -0.3 is 39.1 Å². The highest BCUT2D eigenvalue weighted by atomic mass is 16.5. The van der Waals surface area contributed by atoms with Crippen LogP contribution in [0.5, 0.6) is 17.2 Å². The zero-order valence-electron chi connectivity index (χ0n) is 28.4. The molecule has 2 N–H and O–H groups in total. The summed E-state index contributed by atoms with van der Waals surface area (Å²) in [5, 5.41) is 6.32. The van der Waals surface area contributed by atoms with Gasteiger partial charge in [0.05, 0.1) is 39.3 Å². The maximum Gasteiger partial charge on any atom is 0.289 e. The van der Waals surface area contributed by atoms with Gasteiger partial charge in [0, 0.05) is 38.7 Å². The molecule has 1 aliphatic heterocycles.